The SMILES string of the molecule is CNCC(OC1CCC(C)C(C)C1)c1ccccc1. The molecule has 0 amide bonds. The molecule has 0 aromatic heterocycles. The highest BCUT2D eigenvalue weighted by Gasteiger charge is 2.27. The van der Waals surface area contributed by atoms with E-state index in [1.54, 1.807) is 0 Å². The van der Waals surface area contributed by atoms with Crippen LogP contribution in [0.25, 0.3) is 0 Å². The third-order valence-electron chi connectivity index (χ3n) is 4.47. The fourth-order valence-corrected chi connectivity index (χ4v) is 2.95. The minimum absolute atomic E-state index is 0.178. The summed E-state index contributed by atoms with van der Waals surface area (Å²) in [6, 6.07) is 10.6. The summed E-state index contributed by atoms with van der Waals surface area (Å²) < 4.78 is 6.37. The lowest BCUT2D eigenvalue weighted by Crippen LogP contribution is -2.30. The van der Waals surface area contributed by atoms with Gasteiger partial charge in [0.1, 0.15) is 0 Å². The Kier molecular flexibility index (Phi) is 5.41. The van der Waals surface area contributed by atoms with Crippen molar-refractivity contribution in [3.63, 3.8) is 0 Å². The topological polar surface area (TPSA) is 21.3 Å². The van der Waals surface area contributed by atoms with Gasteiger partial charge in [0.05, 0.1) is 12.2 Å². The van der Waals surface area contributed by atoms with Crippen molar-refractivity contribution in [3.05, 3.63) is 35.9 Å². The number of ether oxygens (including phenoxy) is 1. The van der Waals surface area contributed by atoms with Crippen LogP contribution >= 0.6 is 0 Å². The van der Waals surface area contributed by atoms with E-state index < -0.39 is 0 Å². The summed E-state index contributed by atoms with van der Waals surface area (Å²) in [5.41, 5.74) is 1.28. The van der Waals surface area contributed by atoms with Crippen LogP contribution in [0, 0.1) is 11.8 Å². The molecule has 19 heavy (non-hydrogen) atoms. The van der Waals surface area contributed by atoms with Crippen LogP contribution in [-0.4, -0.2) is 19.7 Å². The third-order valence-corrected chi connectivity index (χ3v) is 4.47. The molecule has 1 saturated carbocycles. The van der Waals surface area contributed by atoms with Crippen LogP contribution in [0.1, 0.15) is 44.8 Å². The predicted molar refractivity (Wildman–Crippen MR) is 80.2 cm³/mol. The molecule has 2 nitrogen and oxygen atoms in total. The monoisotopic (exact) mass is 261 g/mol. The van der Waals surface area contributed by atoms with Crippen LogP contribution < -0.4 is 5.32 Å². The van der Waals surface area contributed by atoms with Gasteiger partial charge in [0, 0.05) is 6.54 Å². The number of benzene rings is 1. The van der Waals surface area contributed by atoms with E-state index in [1.165, 1.54) is 24.8 Å². The molecular weight excluding hydrogens is 234 g/mol. The van der Waals surface area contributed by atoms with Crippen LogP contribution in [0.15, 0.2) is 30.3 Å². The van der Waals surface area contributed by atoms with Gasteiger partial charge in [0.15, 0.2) is 0 Å². The van der Waals surface area contributed by atoms with Crippen LogP contribution in [-0.2, 0) is 4.74 Å². The van der Waals surface area contributed by atoms with Crippen LogP contribution in [0.3, 0.4) is 0 Å². The molecule has 1 aromatic carbocycles. The van der Waals surface area contributed by atoms with E-state index in [0.717, 1.165) is 18.4 Å². The second-order valence-electron chi connectivity index (χ2n) is 5.98. The van der Waals surface area contributed by atoms with Gasteiger partial charge in [-0.25, -0.2) is 0 Å². The average molecular weight is 261 g/mol. The van der Waals surface area contributed by atoms with Gasteiger partial charge in [-0.15, -0.1) is 0 Å². The Bertz CT molecular complexity index is 365. The van der Waals surface area contributed by atoms with Crippen molar-refractivity contribution in [1.29, 1.82) is 0 Å². The first-order valence-electron chi connectivity index (χ1n) is 7.55. The zero-order valence-corrected chi connectivity index (χ0v) is 12.4. The highest BCUT2D eigenvalue weighted by Crippen LogP contribution is 2.33. The van der Waals surface area contributed by atoms with Crippen LogP contribution in [0.2, 0.25) is 0 Å². The molecule has 0 aliphatic heterocycles. The minimum Gasteiger partial charge on any atom is -0.369 e. The van der Waals surface area contributed by atoms with Crippen LogP contribution in [0.4, 0.5) is 0 Å². The van der Waals surface area contributed by atoms with Gasteiger partial charge < -0.3 is 10.1 Å². The van der Waals surface area contributed by atoms with E-state index in [2.05, 4.69) is 49.5 Å². The molecule has 2 heteroatoms. The van der Waals surface area contributed by atoms with E-state index in [4.69, 9.17) is 4.74 Å². The van der Waals surface area contributed by atoms with E-state index >= 15 is 0 Å². The highest BCUT2D eigenvalue weighted by atomic mass is 16.5. The van der Waals surface area contributed by atoms with E-state index in [-0.39, 0.29) is 6.10 Å². The first kappa shape index (κ1) is 14.5. The Morgan fingerprint density at radius 3 is 2.53 bits per heavy atom. The third kappa shape index (κ3) is 4.05. The molecule has 1 aliphatic carbocycles. The molecular formula is C17H27NO. The van der Waals surface area contributed by atoms with Gasteiger partial charge in [-0.3, -0.25) is 0 Å². The smallest absolute Gasteiger partial charge is 0.0952 e. The number of rotatable bonds is 5. The molecule has 0 spiro atoms. The van der Waals surface area contributed by atoms with Crippen molar-refractivity contribution in [2.75, 3.05) is 13.6 Å². The molecule has 0 bridgehead atoms. The maximum atomic E-state index is 6.37. The molecule has 1 N–H and O–H groups in total. The van der Waals surface area contributed by atoms with Crippen molar-refractivity contribution >= 4 is 0 Å². The summed E-state index contributed by atoms with van der Waals surface area (Å²) in [5, 5.41) is 3.25. The maximum absolute atomic E-state index is 6.37. The molecule has 1 aromatic rings. The Morgan fingerprint density at radius 2 is 1.89 bits per heavy atom. The Labute approximate surface area is 117 Å². The van der Waals surface area contributed by atoms with E-state index in [9.17, 15) is 0 Å². The number of hydrogen-bond acceptors (Lipinski definition) is 2. The fourth-order valence-electron chi connectivity index (χ4n) is 2.95. The van der Waals surface area contributed by atoms with Crippen molar-refractivity contribution < 1.29 is 4.74 Å². The molecule has 0 saturated heterocycles. The van der Waals surface area contributed by atoms with Gasteiger partial charge in [0.2, 0.25) is 0 Å². The van der Waals surface area contributed by atoms with Gasteiger partial charge in [-0.2, -0.15) is 0 Å². The number of likely N-dealkylation sites (N-methyl/N-ethyl adjacent to an activating group) is 1. The van der Waals surface area contributed by atoms with E-state index in [1.807, 2.05) is 7.05 Å². The zero-order valence-electron chi connectivity index (χ0n) is 12.4. The van der Waals surface area contributed by atoms with Crippen molar-refractivity contribution in [2.24, 2.45) is 11.8 Å². The Morgan fingerprint density at radius 1 is 1.16 bits per heavy atom. The van der Waals surface area contributed by atoms with Crippen LogP contribution in [0.5, 0.6) is 0 Å². The lowest BCUT2D eigenvalue weighted by atomic mass is 9.80. The molecule has 0 heterocycles. The summed E-state index contributed by atoms with van der Waals surface area (Å²) in [5.74, 6) is 1.63. The van der Waals surface area contributed by atoms with Crippen molar-refractivity contribution in [1.82, 2.24) is 5.32 Å². The van der Waals surface area contributed by atoms with Gasteiger partial charge in [0.25, 0.3) is 0 Å². The molecule has 1 aliphatic rings. The molecule has 0 radical (unpaired) electrons. The van der Waals surface area contributed by atoms with Gasteiger partial charge >= 0.3 is 0 Å². The van der Waals surface area contributed by atoms with Crippen molar-refractivity contribution in [3.8, 4) is 0 Å². The normalized spacial score (nSPS) is 29.1. The quantitative estimate of drug-likeness (QED) is 0.870. The molecule has 2 rings (SSSR count). The summed E-state index contributed by atoms with van der Waals surface area (Å²) in [6.07, 6.45) is 4.31. The summed E-state index contributed by atoms with van der Waals surface area (Å²) in [4.78, 5) is 0. The molecule has 4 atom stereocenters. The number of nitrogens with one attached hydrogen (secondary N) is 1. The lowest BCUT2D eigenvalue weighted by molar-refractivity contribution is -0.0474. The molecule has 106 valence electrons. The van der Waals surface area contributed by atoms with Crippen molar-refractivity contribution in [2.45, 2.75) is 45.3 Å². The minimum atomic E-state index is 0.178. The lowest BCUT2D eigenvalue weighted by Gasteiger charge is -2.34. The fraction of sp³-hybridized carbons (Fsp3) is 0.647. The largest absolute Gasteiger partial charge is 0.369 e. The first-order valence-corrected chi connectivity index (χ1v) is 7.55. The average Bonchev–Trinajstić information content (AvgIpc) is 2.43. The van der Waals surface area contributed by atoms with E-state index in [0.29, 0.717) is 6.10 Å². The Hall–Kier alpha value is -0.860. The first-order chi connectivity index (χ1) is 9.20. The van der Waals surface area contributed by atoms with Gasteiger partial charge in [-0.05, 0) is 43.7 Å². The molecule has 1 fully saturated rings. The summed E-state index contributed by atoms with van der Waals surface area (Å²) in [6.45, 7) is 5.60. The zero-order chi connectivity index (χ0) is 13.7. The summed E-state index contributed by atoms with van der Waals surface area (Å²) >= 11 is 0. The second kappa shape index (κ2) is 7.06. The van der Waals surface area contributed by atoms with Gasteiger partial charge in [-0.1, -0.05) is 44.2 Å². The highest BCUT2D eigenvalue weighted by molar-refractivity contribution is 5.18. The Balaban J connectivity index is 1.97. The maximum Gasteiger partial charge on any atom is 0.0952 e. The standard InChI is InChI=1S/C17H27NO/c1-13-9-10-16(11-14(13)2)19-17(12-18-3)15-7-5-4-6-8-15/h4-8,13-14,16-18H,9-12H2,1-3H3. The second-order valence-corrected chi connectivity index (χ2v) is 5.98. The molecule has 4 unspecified atom stereocenters. The predicted octanol–water partition coefficient (Wildman–Crippen LogP) is 3.79. The summed E-state index contributed by atoms with van der Waals surface area (Å²) in [7, 11) is 1.99. The number of hydrogen-bond donors (Lipinski definition) is 1.